The maximum atomic E-state index is 11.4. The van der Waals surface area contributed by atoms with Crippen molar-refractivity contribution in [1.29, 1.82) is 0 Å². The number of aromatic nitrogens is 1. The molecule has 0 bridgehead atoms. The normalized spacial score (nSPS) is 14.9. The zero-order chi connectivity index (χ0) is 16.3. The quantitative estimate of drug-likeness (QED) is 0.773. The summed E-state index contributed by atoms with van der Waals surface area (Å²) in [6.07, 6.45) is 1.78. The third kappa shape index (κ3) is 3.17. The van der Waals surface area contributed by atoms with E-state index in [1.165, 1.54) is 0 Å². The first kappa shape index (κ1) is 15.4. The van der Waals surface area contributed by atoms with Crippen molar-refractivity contribution in [1.82, 2.24) is 4.98 Å². The minimum Gasteiger partial charge on any atom is -0.384 e. The lowest BCUT2D eigenvalue weighted by Crippen LogP contribution is -2.31. The van der Waals surface area contributed by atoms with Gasteiger partial charge in [0.2, 0.25) is 0 Å². The first-order chi connectivity index (χ1) is 11.1. The molecule has 0 spiro atoms. The van der Waals surface area contributed by atoms with Crippen molar-refractivity contribution in [3.8, 4) is 0 Å². The fourth-order valence-electron chi connectivity index (χ4n) is 3.10. The Kier molecular flexibility index (Phi) is 4.26. The van der Waals surface area contributed by atoms with Crippen molar-refractivity contribution in [2.24, 2.45) is 0 Å². The number of hydrogen-bond acceptors (Lipinski definition) is 2. The van der Waals surface area contributed by atoms with E-state index in [2.05, 4.69) is 4.98 Å². The fraction of sp³-hybridized carbons (Fsp3) is 0.190. The van der Waals surface area contributed by atoms with Crippen LogP contribution >= 0.6 is 0 Å². The van der Waals surface area contributed by atoms with Crippen LogP contribution in [0.4, 0.5) is 0 Å². The molecule has 0 aliphatic carbocycles. The summed E-state index contributed by atoms with van der Waals surface area (Å²) >= 11 is 0. The second-order valence-electron chi connectivity index (χ2n) is 6.12. The van der Waals surface area contributed by atoms with E-state index in [1.54, 1.807) is 6.20 Å². The predicted molar refractivity (Wildman–Crippen MR) is 93.3 cm³/mol. The van der Waals surface area contributed by atoms with Crippen LogP contribution in [0.1, 0.15) is 35.2 Å². The number of aliphatic hydroxyl groups is 1. The van der Waals surface area contributed by atoms with Crippen molar-refractivity contribution < 1.29 is 5.11 Å². The first-order valence-corrected chi connectivity index (χ1v) is 7.84. The summed E-state index contributed by atoms with van der Waals surface area (Å²) < 4.78 is 0. The highest BCUT2D eigenvalue weighted by Gasteiger charge is 2.37. The molecule has 0 radical (unpaired) electrons. The largest absolute Gasteiger partial charge is 0.384 e. The summed E-state index contributed by atoms with van der Waals surface area (Å²) in [5.41, 5.74) is 2.90. The van der Waals surface area contributed by atoms with Gasteiger partial charge in [-0.25, -0.2) is 0 Å². The molecule has 1 heterocycles. The van der Waals surface area contributed by atoms with Gasteiger partial charge in [0.15, 0.2) is 0 Å². The van der Waals surface area contributed by atoms with E-state index in [0.717, 1.165) is 22.4 Å². The number of nitrogens with zero attached hydrogens (tertiary/aromatic N) is 1. The molecule has 23 heavy (non-hydrogen) atoms. The Morgan fingerprint density at radius 2 is 1.65 bits per heavy atom. The lowest BCUT2D eigenvalue weighted by Gasteiger charge is -2.34. The lowest BCUT2D eigenvalue weighted by atomic mass is 9.76. The Morgan fingerprint density at radius 3 is 2.30 bits per heavy atom. The molecule has 2 aromatic carbocycles. The van der Waals surface area contributed by atoms with Gasteiger partial charge >= 0.3 is 0 Å². The first-order valence-electron chi connectivity index (χ1n) is 7.84. The monoisotopic (exact) mass is 303 g/mol. The SMILES string of the molecule is Cc1cccc([C@@](C)(O)[C@H](c2ccccc2)c2ccccn2)c1. The number of hydrogen-bond donors (Lipinski definition) is 1. The predicted octanol–water partition coefficient (Wildman–Crippen LogP) is 4.43. The van der Waals surface area contributed by atoms with Crippen molar-refractivity contribution in [3.63, 3.8) is 0 Å². The van der Waals surface area contributed by atoms with Crippen LogP contribution in [-0.2, 0) is 5.60 Å². The van der Waals surface area contributed by atoms with Crippen LogP contribution in [0.5, 0.6) is 0 Å². The van der Waals surface area contributed by atoms with Crippen molar-refractivity contribution >= 4 is 0 Å². The summed E-state index contributed by atoms with van der Waals surface area (Å²) in [5.74, 6) is -0.230. The van der Waals surface area contributed by atoms with Crippen molar-refractivity contribution in [3.05, 3.63) is 101 Å². The Labute approximate surface area is 137 Å². The molecule has 0 aliphatic heterocycles. The van der Waals surface area contributed by atoms with Crippen LogP contribution in [-0.4, -0.2) is 10.1 Å². The van der Waals surface area contributed by atoms with Gasteiger partial charge in [-0.2, -0.15) is 0 Å². The summed E-state index contributed by atoms with van der Waals surface area (Å²) in [6, 6.07) is 23.9. The van der Waals surface area contributed by atoms with E-state index in [1.807, 2.05) is 86.6 Å². The molecule has 2 atom stereocenters. The summed E-state index contributed by atoms with van der Waals surface area (Å²) in [5, 5.41) is 11.4. The van der Waals surface area contributed by atoms with E-state index < -0.39 is 5.60 Å². The minimum atomic E-state index is -1.05. The summed E-state index contributed by atoms with van der Waals surface area (Å²) in [6.45, 7) is 3.91. The zero-order valence-electron chi connectivity index (χ0n) is 13.5. The van der Waals surface area contributed by atoms with Crippen molar-refractivity contribution in [2.75, 3.05) is 0 Å². The molecular formula is C21H21NO. The molecule has 0 amide bonds. The van der Waals surface area contributed by atoms with Crippen molar-refractivity contribution in [2.45, 2.75) is 25.4 Å². The van der Waals surface area contributed by atoms with Gasteiger partial charge in [-0.05, 0) is 37.1 Å². The third-order valence-electron chi connectivity index (χ3n) is 4.28. The lowest BCUT2D eigenvalue weighted by molar-refractivity contribution is 0.0380. The van der Waals surface area contributed by atoms with Gasteiger partial charge < -0.3 is 5.11 Å². The van der Waals surface area contributed by atoms with Crippen LogP contribution in [0, 0.1) is 6.92 Å². The molecule has 1 aromatic heterocycles. The standard InChI is InChI=1S/C21H21NO/c1-16-9-8-12-18(15-16)21(2,23)20(17-10-4-3-5-11-17)19-13-6-7-14-22-19/h3-15,20,23H,1-2H3/t20-,21-/m1/s1. The molecule has 3 aromatic rings. The molecule has 1 N–H and O–H groups in total. The van der Waals surface area contributed by atoms with Crippen LogP contribution < -0.4 is 0 Å². The highest BCUT2D eigenvalue weighted by atomic mass is 16.3. The number of benzene rings is 2. The molecule has 2 heteroatoms. The second kappa shape index (κ2) is 6.35. The molecule has 0 saturated carbocycles. The third-order valence-corrected chi connectivity index (χ3v) is 4.28. The van der Waals surface area contributed by atoms with Gasteiger partial charge in [-0.1, -0.05) is 66.2 Å². The van der Waals surface area contributed by atoms with E-state index >= 15 is 0 Å². The molecular weight excluding hydrogens is 282 g/mol. The second-order valence-corrected chi connectivity index (χ2v) is 6.12. The van der Waals surface area contributed by atoms with E-state index in [4.69, 9.17) is 0 Å². The Bertz CT molecular complexity index is 727. The molecule has 0 aliphatic rings. The Hall–Kier alpha value is -2.45. The fourth-order valence-corrected chi connectivity index (χ4v) is 3.10. The summed E-state index contributed by atoms with van der Waals surface area (Å²) in [4.78, 5) is 4.51. The van der Waals surface area contributed by atoms with Gasteiger partial charge in [-0.15, -0.1) is 0 Å². The molecule has 0 saturated heterocycles. The topological polar surface area (TPSA) is 33.1 Å². The smallest absolute Gasteiger partial charge is 0.0992 e. The van der Waals surface area contributed by atoms with Crippen LogP contribution in [0.15, 0.2) is 79.0 Å². The van der Waals surface area contributed by atoms with Crippen LogP contribution in [0.25, 0.3) is 0 Å². The average molecular weight is 303 g/mol. The molecule has 2 nitrogen and oxygen atoms in total. The van der Waals surface area contributed by atoms with Crippen LogP contribution in [0.2, 0.25) is 0 Å². The number of pyridine rings is 1. The average Bonchev–Trinajstić information content (AvgIpc) is 2.57. The molecule has 0 unspecified atom stereocenters. The van der Waals surface area contributed by atoms with E-state index in [9.17, 15) is 5.11 Å². The molecule has 0 fully saturated rings. The minimum absolute atomic E-state index is 0.230. The number of aryl methyl sites for hydroxylation is 1. The van der Waals surface area contributed by atoms with Gasteiger partial charge in [0.05, 0.1) is 17.2 Å². The van der Waals surface area contributed by atoms with Gasteiger partial charge in [0, 0.05) is 6.20 Å². The Morgan fingerprint density at radius 1 is 0.913 bits per heavy atom. The van der Waals surface area contributed by atoms with E-state index in [-0.39, 0.29) is 5.92 Å². The maximum absolute atomic E-state index is 11.4. The van der Waals surface area contributed by atoms with Crippen LogP contribution in [0.3, 0.4) is 0 Å². The van der Waals surface area contributed by atoms with Gasteiger partial charge in [0.25, 0.3) is 0 Å². The maximum Gasteiger partial charge on any atom is 0.0992 e. The molecule has 3 rings (SSSR count). The number of rotatable bonds is 4. The van der Waals surface area contributed by atoms with Gasteiger partial charge in [-0.3, -0.25) is 4.98 Å². The Balaban J connectivity index is 2.15. The zero-order valence-corrected chi connectivity index (χ0v) is 13.5. The van der Waals surface area contributed by atoms with Gasteiger partial charge in [0.1, 0.15) is 0 Å². The highest BCUT2D eigenvalue weighted by molar-refractivity contribution is 5.38. The highest BCUT2D eigenvalue weighted by Crippen LogP contribution is 2.40. The molecule has 116 valence electrons. The van der Waals surface area contributed by atoms with E-state index in [0.29, 0.717) is 0 Å². The summed E-state index contributed by atoms with van der Waals surface area (Å²) in [7, 11) is 0.